The lowest BCUT2D eigenvalue weighted by Gasteiger charge is -2.47. The zero-order valence-corrected chi connectivity index (χ0v) is 13.4. The van der Waals surface area contributed by atoms with Gasteiger partial charge in [0.2, 0.25) is 0 Å². The first-order valence-corrected chi connectivity index (χ1v) is 8.36. The molecule has 21 heavy (non-hydrogen) atoms. The Labute approximate surface area is 128 Å². The fraction of sp³-hybridized carbons (Fsp3) is 0.667. The lowest BCUT2D eigenvalue weighted by Crippen LogP contribution is -2.53. The highest BCUT2D eigenvalue weighted by atomic mass is 16.5. The van der Waals surface area contributed by atoms with Crippen LogP contribution < -0.4 is 10.5 Å². The van der Waals surface area contributed by atoms with E-state index in [1.165, 1.54) is 49.8 Å². The van der Waals surface area contributed by atoms with Crippen LogP contribution >= 0.6 is 0 Å². The molecule has 2 N–H and O–H groups in total. The molecule has 0 aromatic heterocycles. The maximum atomic E-state index is 6.33. The van der Waals surface area contributed by atoms with Crippen LogP contribution in [0, 0.1) is 5.92 Å². The normalized spacial score (nSPS) is 25.0. The molecule has 0 amide bonds. The van der Waals surface area contributed by atoms with E-state index < -0.39 is 0 Å². The molecule has 1 fully saturated rings. The summed E-state index contributed by atoms with van der Waals surface area (Å²) in [5.74, 6) is 1.85. The topological polar surface area (TPSA) is 38.5 Å². The molecule has 116 valence electrons. The first-order chi connectivity index (χ1) is 10.2. The third kappa shape index (κ3) is 2.69. The van der Waals surface area contributed by atoms with Crippen LogP contribution in [-0.2, 0) is 12.0 Å². The third-order valence-corrected chi connectivity index (χ3v) is 5.36. The van der Waals surface area contributed by atoms with Gasteiger partial charge in [0, 0.05) is 13.1 Å². The molecule has 1 saturated carbocycles. The van der Waals surface area contributed by atoms with E-state index in [2.05, 4.69) is 30.0 Å². The number of ether oxygens (including phenoxy) is 1. The van der Waals surface area contributed by atoms with E-state index in [1.807, 2.05) is 0 Å². The van der Waals surface area contributed by atoms with E-state index in [4.69, 9.17) is 10.5 Å². The second-order valence-electron chi connectivity index (χ2n) is 6.59. The Hall–Kier alpha value is -1.06. The van der Waals surface area contributed by atoms with Crippen molar-refractivity contribution in [2.45, 2.75) is 44.6 Å². The molecular formula is C18H28N2O. The highest BCUT2D eigenvalue weighted by Crippen LogP contribution is 2.43. The third-order valence-electron chi connectivity index (χ3n) is 5.36. The number of likely N-dealkylation sites (N-methyl/N-ethyl adjacent to an activating group) is 1. The zero-order chi connectivity index (χ0) is 14.9. The van der Waals surface area contributed by atoms with E-state index in [-0.39, 0.29) is 5.54 Å². The molecule has 1 aromatic carbocycles. The van der Waals surface area contributed by atoms with Crippen molar-refractivity contribution in [3.8, 4) is 5.75 Å². The summed E-state index contributed by atoms with van der Waals surface area (Å²) in [7, 11) is 1.75. The molecule has 0 heterocycles. The summed E-state index contributed by atoms with van der Waals surface area (Å²) in [5.41, 5.74) is 9.22. The summed E-state index contributed by atoms with van der Waals surface area (Å²) in [6, 6.07) is 6.56. The van der Waals surface area contributed by atoms with Gasteiger partial charge in [0.15, 0.2) is 0 Å². The SMILES string of the molecule is CCN(CC1CC1)C1(CN)CCCc2ccc(OC)cc21. The van der Waals surface area contributed by atoms with Gasteiger partial charge in [-0.25, -0.2) is 0 Å². The molecule has 1 atom stereocenters. The van der Waals surface area contributed by atoms with Gasteiger partial charge in [-0.05, 0) is 67.8 Å². The Morgan fingerprint density at radius 1 is 1.38 bits per heavy atom. The number of hydrogen-bond donors (Lipinski definition) is 1. The molecule has 0 radical (unpaired) electrons. The lowest BCUT2D eigenvalue weighted by molar-refractivity contribution is 0.0742. The number of rotatable bonds is 6. The van der Waals surface area contributed by atoms with Gasteiger partial charge in [-0.2, -0.15) is 0 Å². The molecule has 0 bridgehead atoms. The molecule has 3 rings (SSSR count). The van der Waals surface area contributed by atoms with Gasteiger partial charge >= 0.3 is 0 Å². The summed E-state index contributed by atoms with van der Waals surface area (Å²) in [5, 5.41) is 0. The Kier molecular flexibility index (Phi) is 4.23. The second kappa shape index (κ2) is 5.98. The van der Waals surface area contributed by atoms with Gasteiger partial charge in [0.1, 0.15) is 5.75 Å². The van der Waals surface area contributed by atoms with Gasteiger partial charge in [-0.3, -0.25) is 4.90 Å². The van der Waals surface area contributed by atoms with Crippen LogP contribution in [0.3, 0.4) is 0 Å². The van der Waals surface area contributed by atoms with E-state index in [1.54, 1.807) is 7.11 Å². The van der Waals surface area contributed by atoms with Gasteiger partial charge in [-0.1, -0.05) is 13.0 Å². The summed E-state index contributed by atoms with van der Waals surface area (Å²) >= 11 is 0. The minimum Gasteiger partial charge on any atom is -0.497 e. The number of nitrogens with zero attached hydrogens (tertiary/aromatic N) is 1. The van der Waals surface area contributed by atoms with Crippen molar-refractivity contribution >= 4 is 0 Å². The van der Waals surface area contributed by atoms with Crippen molar-refractivity contribution in [3.63, 3.8) is 0 Å². The summed E-state index contributed by atoms with van der Waals surface area (Å²) in [6.45, 7) is 5.25. The number of fused-ring (bicyclic) bond motifs is 1. The summed E-state index contributed by atoms with van der Waals surface area (Å²) in [6.07, 6.45) is 6.36. The van der Waals surface area contributed by atoms with Crippen LogP contribution in [0.5, 0.6) is 5.75 Å². The quantitative estimate of drug-likeness (QED) is 0.874. The number of methoxy groups -OCH3 is 1. The van der Waals surface area contributed by atoms with E-state index >= 15 is 0 Å². The minimum absolute atomic E-state index is 0.0134. The molecule has 3 heteroatoms. The van der Waals surface area contributed by atoms with E-state index in [0.717, 1.165) is 18.2 Å². The van der Waals surface area contributed by atoms with Crippen molar-refractivity contribution in [2.75, 3.05) is 26.7 Å². The van der Waals surface area contributed by atoms with Crippen LogP contribution in [0.1, 0.15) is 43.7 Å². The predicted octanol–water partition coefficient (Wildman–Crippen LogP) is 2.92. The maximum Gasteiger partial charge on any atom is 0.119 e. The Morgan fingerprint density at radius 3 is 2.81 bits per heavy atom. The predicted molar refractivity (Wildman–Crippen MR) is 86.6 cm³/mol. The molecule has 2 aliphatic rings. The molecule has 1 unspecified atom stereocenters. The van der Waals surface area contributed by atoms with Crippen LogP contribution in [0.4, 0.5) is 0 Å². The molecule has 0 saturated heterocycles. The lowest BCUT2D eigenvalue weighted by atomic mass is 9.75. The van der Waals surface area contributed by atoms with Gasteiger partial charge < -0.3 is 10.5 Å². The highest BCUT2D eigenvalue weighted by molar-refractivity contribution is 5.42. The zero-order valence-electron chi connectivity index (χ0n) is 13.4. The number of nitrogens with two attached hydrogens (primary N) is 1. The van der Waals surface area contributed by atoms with Crippen molar-refractivity contribution in [3.05, 3.63) is 29.3 Å². The van der Waals surface area contributed by atoms with Crippen molar-refractivity contribution in [1.82, 2.24) is 4.90 Å². The van der Waals surface area contributed by atoms with Gasteiger partial charge in [0.25, 0.3) is 0 Å². The second-order valence-corrected chi connectivity index (χ2v) is 6.59. The molecule has 1 aromatic rings. The fourth-order valence-electron chi connectivity index (χ4n) is 3.93. The fourth-order valence-corrected chi connectivity index (χ4v) is 3.93. The largest absolute Gasteiger partial charge is 0.497 e. The molecule has 2 aliphatic carbocycles. The first-order valence-electron chi connectivity index (χ1n) is 8.36. The van der Waals surface area contributed by atoms with Crippen LogP contribution in [0.15, 0.2) is 18.2 Å². The monoisotopic (exact) mass is 288 g/mol. The van der Waals surface area contributed by atoms with Crippen LogP contribution in [0.25, 0.3) is 0 Å². The van der Waals surface area contributed by atoms with E-state index in [9.17, 15) is 0 Å². The maximum absolute atomic E-state index is 6.33. The average Bonchev–Trinajstić information content (AvgIpc) is 3.35. The van der Waals surface area contributed by atoms with Crippen molar-refractivity contribution in [1.29, 1.82) is 0 Å². The first kappa shape index (κ1) is 14.9. The average molecular weight is 288 g/mol. The summed E-state index contributed by atoms with van der Waals surface area (Å²) < 4.78 is 5.47. The summed E-state index contributed by atoms with van der Waals surface area (Å²) in [4.78, 5) is 2.64. The molecule has 0 aliphatic heterocycles. The van der Waals surface area contributed by atoms with Gasteiger partial charge in [0.05, 0.1) is 12.6 Å². The number of hydrogen-bond acceptors (Lipinski definition) is 3. The number of aryl methyl sites for hydroxylation is 1. The van der Waals surface area contributed by atoms with Crippen LogP contribution in [0.2, 0.25) is 0 Å². The Bertz CT molecular complexity index is 498. The smallest absolute Gasteiger partial charge is 0.119 e. The van der Waals surface area contributed by atoms with Crippen LogP contribution in [-0.4, -0.2) is 31.6 Å². The highest BCUT2D eigenvalue weighted by Gasteiger charge is 2.42. The standard InChI is InChI=1S/C18H28N2O/c1-3-20(12-14-6-7-14)18(13-19)10-4-5-15-8-9-16(21-2)11-17(15)18/h8-9,11,14H,3-7,10,12-13,19H2,1-2H3. The van der Waals surface area contributed by atoms with Crippen molar-refractivity contribution < 1.29 is 4.74 Å². The molecular weight excluding hydrogens is 260 g/mol. The van der Waals surface area contributed by atoms with E-state index in [0.29, 0.717) is 6.54 Å². The molecule has 0 spiro atoms. The Morgan fingerprint density at radius 2 is 2.19 bits per heavy atom. The minimum atomic E-state index is 0.0134. The Balaban J connectivity index is 2.01. The molecule has 3 nitrogen and oxygen atoms in total. The van der Waals surface area contributed by atoms with Gasteiger partial charge in [-0.15, -0.1) is 0 Å². The number of benzene rings is 1. The van der Waals surface area contributed by atoms with Crippen molar-refractivity contribution in [2.24, 2.45) is 11.7 Å².